The standard InChI is InChI=1S/C13H20N2O2/c1-10(16)7-8-15-13(17)6-5-11-3-2-4-12(14)9-11/h2-4,9-10,16H,5-8,14H2,1H3,(H,15,17). The second kappa shape index (κ2) is 6.91. The number of anilines is 1. The third-order valence-electron chi connectivity index (χ3n) is 2.48. The van der Waals surface area contributed by atoms with Gasteiger partial charge in [-0.25, -0.2) is 0 Å². The Labute approximate surface area is 102 Å². The molecular weight excluding hydrogens is 216 g/mol. The van der Waals surface area contributed by atoms with Crippen LogP contribution >= 0.6 is 0 Å². The largest absolute Gasteiger partial charge is 0.399 e. The Morgan fingerprint density at radius 3 is 2.94 bits per heavy atom. The van der Waals surface area contributed by atoms with Crippen LogP contribution in [0.5, 0.6) is 0 Å². The maximum atomic E-state index is 11.5. The number of carbonyl (C=O) groups excluding carboxylic acids is 1. The molecule has 0 radical (unpaired) electrons. The van der Waals surface area contributed by atoms with Gasteiger partial charge in [0.2, 0.25) is 5.91 Å². The summed E-state index contributed by atoms with van der Waals surface area (Å²) in [7, 11) is 0. The Kier molecular flexibility index (Phi) is 5.49. The van der Waals surface area contributed by atoms with Gasteiger partial charge in [0, 0.05) is 18.7 Å². The molecule has 0 saturated carbocycles. The molecule has 0 spiro atoms. The molecule has 0 fully saturated rings. The molecule has 4 heteroatoms. The first-order valence-corrected chi connectivity index (χ1v) is 5.87. The van der Waals surface area contributed by atoms with Gasteiger partial charge in [0.15, 0.2) is 0 Å². The summed E-state index contributed by atoms with van der Waals surface area (Å²) in [5.41, 5.74) is 7.44. The Morgan fingerprint density at radius 1 is 1.53 bits per heavy atom. The van der Waals surface area contributed by atoms with Gasteiger partial charge in [0.25, 0.3) is 0 Å². The molecule has 0 aliphatic heterocycles. The normalized spacial score (nSPS) is 12.1. The molecule has 4 N–H and O–H groups in total. The van der Waals surface area contributed by atoms with E-state index in [0.717, 1.165) is 11.3 Å². The highest BCUT2D eigenvalue weighted by molar-refractivity contribution is 5.76. The van der Waals surface area contributed by atoms with E-state index in [1.54, 1.807) is 6.92 Å². The number of hydrogen-bond acceptors (Lipinski definition) is 3. The number of nitrogen functional groups attached to an aromatic ring is 1. The number of carbonyl (C=O) groups is 1. The highest BCUT2D eigenvalue weighted by Gasteiger charge is 2.03. The number of rotatable bonds is 6. The first kappa shape index (κ1) is 13.5. The minimum Gasteiger partial charge on any atom is -0.399 e. The van der Waals surface area contributed by atoms with Gasteiger partial charge in [-0.05, 0) is 37.5 Å². The zero-order chi connectivity index (χ0) is 12.7. The van der Waals surface area contributed by atoms with Crippen LogP contribution in [0.2, 0.25) is 0 Å². The van der Waals surface area contributed by atoms with Crippen molar-refractivity contribution in [2.24, 2.45) is 0 Å². The zero-order valence-electron chi connectivity index (χ0n) is 10.1. The molecule has 1 aromatic rings. The van der Waals surface area contributed by atoms with Crippen molar-refractivity contribution in [2.75, 3.05) is 12.3 Å². The number of benzene rings is 1. The molecule has 0 heterocycles. The van der Waals surface area contributed by atoms with Crippen LogP contribution in [0.4, 0.5) is 5.69 Å². The fourth-order valence-corrected chi connectivity index (χ4v) is 1.52. The lowest BCUT2D eigenvalue weighted by atomic mass is 10.1. The predicted octanol–water partition coefficient (Wildman–Crippen LogP) is 1.09. The lowest BCUT2D eigenvalue weighted by Crippen LogP contribution is -2.26. The van der Waals surface area contributed by atoms with E-state index in [2.05, 4.69) is 5.32 Å². The fraction of sp³-hybridized carbons (Fsp3) is 0.462. The van der Waals surface area contributed by atoms with Crippen LogP contribution < -0.4 is 11.1 Å². The minimum atomic E-state index is -0.371. The monoisotopic (exact) mass is 236 g/mol. The predicted molar refractivity (Wildman–Crippen MR) is 68.5 cm³/mol. The van der Waals surface area contributed by atoms with Crippen molar-refractivity contribution in [3.63, 3.8) is 0 Å². The van der Waals surface area contributed by atoms with Gasteiger partial charge in [-0.1, -0.05) is 12.1 Å². The van der Waals surface area contributed by atoms with Crippen LogP contribution in [0, 0.1) is 0 Å². The van der Waals surface area contributed by atoms with E-state index in [4.69, 9.17) is 10.8 Å². The highest BCUT2D eigenvalue weighted by atomic mass is 16.3. The Balaban J connectivity index is 2.24. The molecule has 0 bridgehead atoms. The molecule has 1 aromatic carbocycles. The van der Waals surface area contributed by atoms with Crippen molar-refractivity contribution >= 4 is 11.6 Å². The van der Waals surface area contributed by atoms with Crippen LogP contribution in [-0.4, -0.2) is 23.7 Å². The molecule has 0 saturated heterocycles. The van der Waals surface area contributed by atoms with Gasteiger partial charge in [-0.3, -0.25) is 4.79 Å². The number of nitrogens with one attached hydrogen (secondary N) is 1. The first-order valence-electron chi connectivity index (χ1n) is 5.87. The molecule has 1 unspecified atom stereocenters. The van der Waals surface area contributed by atoms with E-state index in [1.165, 1.54) is 0 Å². The molecule has 1 rings (SSSR count). The second-order valence-electron chi connectivity index (χ2n) is 4.23. The summed E-state index contributed by atoms with van der Waals surface area (Å²) in [5, 5.41) is 11.8. The van der Waals surface area contributed by atoms with Crippen molar-refractivity contribution in [3.8, 4) is 0 Å². The van der Waals surface area contributed by atoms with E-state index in [-0.39, 0.29) is 12.0 Å². The average Bonchev–Trinajstić information content (AvgIpc) is 2.26. The summed E-state index contributed by atoms with van der Waals surface area (Å²) in [6.07, 6.45) is 1.35. The topological polar surface area (TPSA) is 75.3 Å². The maximum absolute atomic E-state index is 11.5. The van der Waals surface area contributed by atoms with Gasteiger partial charge in [-0.15, -0.1) is 0 Å². The maximum Gasteiger partial charge on any atom is 0.220 e. The number of aliphatic hydroxyl groups is 1. The van der Waals surface area contributed by atoms with Crippen LogP contribution in [-0.2, 0) is 11.2 Å². The zero-order valence-corrected chi connectivity index (χ0v) is 10.1. The molecule has 17 heavy (non-hydrogen) atoms. The molecule has 0 aromatic heterocycles. The van der Waals surface area contributed by atoms with Gasteiger partial charge in [0.05, 0.1) is 6.10 Å². The lowest BCUT2D eigenvalue weighted by molar-refractivity contribution is -0.121. The number of aliphatic hydroxyl groups excluding tert-OH is 1. The van der Waals surface area contributed by atoms with Crippen LogP contribution in [0.3, 0.4) is 0 Å². The number of nitrogens with two attached hydrogens (primary N) is 1. The molecule has 0 aliphatic carbocycles. The molecule has 0 aliphatic rings. The quantitative estimate of drug-likeness (QED) is 0.647. The third kappa shape index (κ3) is 5.92. The fourth-order valence-electron chi connectivity index (χ4n) is 1.52. The van der Waals surface area contributed by atoms with Crippen molar-refractivity contribution in [2.45, 2.75) is 32.3 Å². The Morgan fingerprint density at radius 2 is 2.29 bits per heavy atom. The first-order chi connectivity index (χ1) is 8.08. The molecular formula is C13H20N2O2. The SMILES string of the molecule is CC(O)CCNC(=O)CCc1cccc(N)c1. The number of hydrogen-bond donors (Lipinski definition) is 3. The lowest BCUT2D eigenvalue weighted by Gasteiger charge is -2.07. The molecule has 1 amide bonds. The van der Waals surface area contributed by atoms with E-state index in [9.17, 15) is 4.79 Å². The van der Waals surface area contributed by atoms with E-state index >= 15 is 0 Å². The van der Waals surface area contributed by atoms with Crippen LogP contribution in [0.25, 0.3) is 0 Å². The molecule has 94 valence electrons. The van der Waals surface area contributed by atoms with E-state index < -0.39 is 0 Å². The summed E-state index contributed by atoms with van der Waals surface area (Å²) < 4.78 is 0. The average molecular weight is 236 g/mol. The Hall–Kier alpha value is -1.55. The number of amides is 1. The van der Waals surface area contributed by atoms with Gasteiger partial charge in [-0.2, -0.15) is 0 Å². The van der Waals surface area contributed by atoms with Crippen molar-refractivity contribution in [3.05, 3.63) is 29.8 Å². The van der Waals surface area contributed by atoms with Crippen molar-refractivity contribution in [1.82, 2.24) is 5.32 Å². The van der Waals surface area contributed by atoms with Crippen molar-refractivity contribution in [1.29, 1.82) is 0 Å². The van der Waals surface area contributed by atoms with Crippen molar-refractivity contribution < 1.29 is 9.90 Å². The second-order valence-corrected chi connectivity index (χ2v) is 4.23. The van der Waals surface area contributed by atoms with Gasteiger partial charge >= 0.3 is 0 Å². The van der Waals surface area contributed by atoms with Gasteiger partial charge in [0.1, 0.15) is 0 Å². The minimum absolute atomic E-state index is 0.00748. The summed E-state index contributed by atoms with van der Waals surface area (Å²) in [6.45, 7) is 2.23. The van der Waals surface area contributed by atoms with E-state index in [1.807, 2.05) is 24.3 Å². The summed E-state index contributed by atoms with van der Waals surface area (Å²) in [4.78, 5) is 11.5. The van der Waals surface area contributed by atoms with Gasteiger partial charge < -0.3 is 16.2 Å². The third-order valence-corrected chi connectivity index (χ3v) is 2.48. The number of aryl methyl sites for hydroxylation is 1. The van der Waals surface area contributed by atoms with E-state index in [0.29, 0.717) is 25.8 Å². The Bertz CT molecular complexity index is 364. The van der Waals surface area contributed by atoms with Crippen LogP contribution in [0.1, 0.15) is 25.3 Å². The molecule has 4 nitrogen and oxygen atoms in total. The molecule has 1 atom stereocenters. The highest BCUT2D eigenvalue weighted by Crippen LogP contribution is 2.08. The van der Waals surface area contributed by atoms with Crippen LogP contribution in [0.15, 0.2) is 24.3 Å². The summed E-state index contributed by atoms with van der Waals surface area (Å²) >= 11 is 0. The summed E-state index contributed by atoms with van der Waals surface area (Å²) in [5.74, 6) is 0.00748. The summed E-state index contributed by atoms with van der Waals surface area (Å²) in [6, 6.07) is 7.55. The smallest absolute Gasteiger partial charge is 0.220 e.